The molecule has 3 aromatic carbocycles. The second kappa shape index (κ2) is 14.0. The van der Waals surface area contributed by atoms with E-state index in [1.807, 2.05) is 37.3 Å². The maximum Gasteiger partial charge on any atom is 0.371 e. The molecular formula is C28H27FO6. The van der Waals surface area contributed by atoms with Crippen LogP contribution in [0.4, 0.5) is 4.39 Å². The van der Waals surface area contributed by atoms with Crippen LogP contribution in [0.3, 0.4) is 0 Å². The highest BCUT2D eigenvalue weighted by atomic mass is 19.1. The number of rotatable bonds is 10. The molecule has 0 atom stereocenters. The molecule has 0 saturated heterocycles. The van der Waals surface area contributed by atoms with Crippen molar-refractivity contribution in [1.82, 2.24) is 0 Å². The Morgan fingerprint density at radius 1 is 0.886 bits per heavy atom. The topological polar surface area (TPSA) is 93.1 Å². The summed E-state index contributed by atoms with van der Waals surface area (Å²) in [5.74, 6) is -1.44. The quantitative estimate of drug-likeness (QED) is 0.249. The first-order valence-corrected chi connectivity index (χ1v) is 10.8. The van der Waals surface area contributed by atoms with Crippen LogP contribution in [-0.2, 0) is 20.9 Å². The van der Waals surface area contributed by atoms with Crippen LogP contribution >= 0.6 is 0 Å². The van der Waals surface area contributed by atoms with Gasteiger partial charge in [0.15, 0.2) is 0 Å². The van der Waals surface area contributed by atoms with Gasteiger partial charge in [-0.2, -0.15) is 0 Å². The number of hydrogen-bond acceptors (Lipinski definition) is 4. The Bertz CT molecular complexity index is 1140. The molecule has 35 heavy (non-hydrogen) atoms. The highest BCUT2D eigenvalue weighted by molar-refractivity contribution is 5.89. The van der Waals surface area contributed by atoms with Crippen molar-refractivity contribution in [3.05, 3.63) is 114 Å². The van der Waals surface area contributed by atoms with Crippen molar-refractivity contribution in [3.8, 4) is 11.5 Å². The van der Waals surface area contributed by atoms with E-state index in [2.05, 4.69) is 6.58 Å². The van der Waals surface area contributed by atoms with Gasteiger partial charge in [-0.3, -0.25) is 0 Å². The number of ether oxygens (including phenoxy) is 2. The highest BCUT2D eigenvalue weighted by Crippen LogP contribution is 2.23. The lowest BCUT2D eigenvalue weighted by Crippen LogP contribution is -2.05. The number of benzene rings is 3. The average Bonchev–Trinajstić information content (AvgIpc) is 2.85. The zero-order valence-corrected chi connectivity index (χ0v) is 19.3. The minimum absolute atomic E-state index is 0.147. The van der Waals surface area contributed by atoms with Gasteiger partial charge in [-0.25, -0.2) is 14.0 Å². The van der Waals surface area contributed by atoms with Gasteiger partial charge in [0.2, 0.25) is 5.76 Å². The Balaban J connectivity index is 0.000000466. The molecule has 3 rings (SSSR count). The minimum atomic E-state index is -1.14. The van der Waals surface area contributed by atoms with Gasteiger partial charge in [0.05, 0.1) is 0 Å². The number of halogens is 1. The van der Waals surface area contributed by atoms with Crippen LogP contribution in [0, 0.1) is 5.82 Å². The van der Waals surface area contributed by atoms with Crippen molar-refractivity contribution in [2.75, 3.05) is 0 Å². The molecule has 0 aliphatic heterocycles. The fourth-order valence-electron chi connectivity index (χ4n) is 2.73. The fourth-order valence-corrected chi connectivity index (χ4v) is 2.73. The summed E-state index contributed by atoms with van der Waals surface area (Å²) in [4.78, 5) is 21.4. The van der Waals surface area contributed by atoms with Crippen molar-refractivity contribution < 1.29 is 33.7 Å². The molecule has 0 saturated carbocycles. The second-order valence-corrected chi connectivity index (χ2v) is 7.37. The lowest BCUT2D eigenvalue weighted by atomic mass is 10.2. The van der Waals surface area contributed by atoms with Gasteiger partial charge in [-0.15, -0.1) is 0 Å². The summed E-state index contributed by atoms with van der Waals surface area (Å²) in [6, 6.07) is 21.9. The van der Waals surface area contributed by atoms with Crippen LogP contribution in [0.2, 0.25) is 0 Å². The van der Waals surface area contributed by atoms with E-state index in [0.29, 0.717) is 29.1 Å². The smallest absolute Gasteiger partial charge is 0.371 e. The lowest BCUT2D eigenvalue weighted by Gasteiger charge is -2.08. The molecule has 6 nitrogen and oxygen atoms in total. The molecule has 7 heteroatoms. The van der Waals surface area contributed by atoms with Crippen molar-refractivity contribution >= 4 is 18.0 Å². The Labute approximate surface area is 203 Å². The van der Waals surface area contributed by atoms with Gasteiger partial charge in [-0.1, -0.05) is 62.4 Å². The molecular weight excluding hydrogens is 451 g/mol. The summed E-state index contributed by atoms with van der Waals surface area (Å²) >= 11 is 0. The van der Waals surface area contributed by atoms with Gasteiger partial charge in [0.1, 0.15) is 23.9 Å². The minimum Gasteiger partial charge on any atom is -0.482 e. The van der Waals surface area contributed by atoms with Crippen molar-refractivity contribution in [2.45, 2.75) is 26.4 Å². The molecule has 0 heterocycles. The third-order valence-corrected chi connectivity index (χ3v) is 4.53. The van der Waals surface area contributed by atoms with E-state index in [0.717, 1.165) is 12.0 Å². The maximum atomic E-state index is 12.9. The second-order valence-electron chi connectivity index (χ2n) is 7.37. The maximum absolute atomic E-state index is 12.9. The Kier molecular flexibility index (Phi) is 10.7. The predicted octanol–water partition coefficient (Wildman–Crippen LogP) is 6.69. The van der Waals surface area contributed by atoms with Crippen LogP contribution in [0.5, 0.6) is 11.5 Å². The predicted molar refractivity (Wildman–Crippen MR) is 131 cm³/mol. The van der Waals surface area contributed by atoms with Crippen LogP contribution < -0.4 is 4.74 Å². The van der Waals surface area contributed by atoms with Crippen molar-refractivity contribution in [1.29, 1.82) is 0 Å². The number of carbonyl (C=O) groups is 2. The normalized spacial score (nSPS) is 10.5. The van der Waals surface area contributed by atoms with Crippen molar-refractivity contribution in [3.63, 3.8) is 0 Å². The zero-order chi connectivity index (χ0) is 25.6. The molecule has 0 radical (unpaired) electrons. The molecule has 0 bridgehead atoms. The standard InChI is InChI=1S/C22H17FO4.C6H10O2/c23-18-8-12-20(13-9-18)27-19-10-6-16(7-11-19)14-21(22(24)25)26-15-17-4-2-1-3-5-17;1-3-4-5(2)6(7)8/h1-14H,15H2,(H,24,25);2-4H2,1H3,(H,7,8). The molecule has 0 aliphatic rings. The van der Waals surface area contributed by atoms with Gasteiger partial charge in [0, 0.05) is 5.57 Å². The number of carboxylic acid groups (broad SMARTS) is 2. The van der Waals surface area contributed by atoms with Gasteiger partial charge in [-0.05, 0) is 60.0 Å². The highest BCUT2D eigenvalue weighted by Gasteiger charge is 2.09. The Hall–Kier alpha value is -4.39. The van der Waals surface area contributed by atoms with E-state index in [9.17, 15) is 19.1 Å². The number of carboxylic acids is 2. The van der Waals surface area contributed by atoms with Crippen LogP contribution in [0.1, 0.15) is 30.9 Å². The molecule has 182 valence electrons. The van der Waals surface area contributed by atoms with E-state index in [-0.39, 0.29) is 18.2 Å². The van der Waals surface area contributed by atoms with Crippen molar-refractivity contribution in [2.24, 2.45) is 0 Å². The van der Waals surface area contributed by atoms with Crippen LogP contribution in [-0.4, -0.2) is 22.2 Å². The number of aliphatic carboxylic acids is 2. The first kappa shape index (κ1) is 26.9. The third kappa shape index (κ3) is 9.96. The zero-order valence-electron chi connectivity index (χ0n) is 19.3. The Morgan fingerprint density at radius 3 is 1.94 bits per heavy atom. The van der Waals surface area contributed by atoms with E-state index in [1.165, 1.54) is 30.3 Å². The van der Waals surface area contributed by atoms with Crippen LogP contribution in [0.15, 0.2) is 96.8 Å². The van der Waals surface area contributed by atoms with Gasteiger partial charge in [0.25, 0.3) is 0 Å². The summed E-state index contributed by atoms with van der Waals surface area (Å²) in [6.45, 7) is 5.44. The first-order chi connectivity index (χ1) is 16.8. The van der Waals surface area contributed by atoms with E-state index in [4.69, 9.17) is 14.6 Å². The SMILES string of the molecule is C=C(CCC)C(=O)O.O=C(O)C(=Cc1ccc(Oc2ccc(F)cc2)cc1)OCc1ccccc1. The first-order valence-electron chi connectivity index (χ1n) is 10.8. The third-order valence-electron chi connectivity index (χ3n) is 4.53. The molecule has 0 amide bonds. The molecule has 0 spiro atoms. The molecule has 0 aliphatic carbocycles. The monoisotopic (exact) mass is 478 g/mol. The molecule has 3 aromatic rings. The lowest BCUT2D eigenvalue weighted by molar-refractivity contribution is -0.136. The Morgan fingerprint density at radius 2 is 1.46 bits per heavy atom. The summed E-state index contributed by atoms with van der Waals surface area (Å²) in [5, 5.41) is 17.5. The fraction of sp³-hybridized carbons (Fsp3) is 0.143. The summed E-state index contributed by atoms with van der Waals surface area (Å²) in [6.07, 6.45) is 2.90. The average molecular weight is 479 g/mol. The van der Waals surface area contributed by atoms with E-state index in [1.54, 1.807) is 24.3 Å². The molecule has 0 unspecified atom stereocenters. The summed E-state index contributed by atoms with van der Waals surface area (Å²) < 4.78 is 24.0. The van der Waals surface area contributed by atoms with Gasteiger partial charge < -0.3 is 19.7 Å². The molecule has 2 N–H and O–H groups in total. The molecule has 0 aromatic heterocycles. The largest absolute Gasteiger partial charge is 0.482 e. The van der Waals surface area contributed by atoms with E-state index >= 15 is 0 Å². The summed E-state index contributed by atoms with van der Waals surface area (Å²) in [7, 11) is 0. The number of hydrogen-bond donors (Lipinski definition) is 2. The van der Waals surface area contributed by atoms with E-state index < -0.39 is 11.9 Å². The van der Waals surface area contributed by atoms with Gasteiger partial charge >= 0.3 is 11.9 Å². The summed E-state index contributed by atoms with van der Waals surface area (Å²) in [5.41, 5.74) is 1.84. The molecule has 0 fully saturated rings. The van der Waals surface area contributed by atoms with Crippen LogP contribution in [0.25, 0.3) is 6.08 Å².